The fraction of sp³-hybridized carbons (Fsp3) is 0.500. The van der Waals surface area contributed by atoms with Crippen molar-refractivity contribution in [1.82, 2.24) is 9.97 Å². The van der Waals surface area contributed by atoms with Crippen LogP contribution in [0.4, 0.5) is 17.5 Å². The summed E-state index contributed by atoms with van der Waals surface area (Å²) < 4.78 is 22.7. The Balaban J connectivity index is 2.35. The molecule has 0 atom stereocenters. The van der Waals surface area contributed by atoms with E-state index in [1.54, 1.807) is 4.90 Å². The van der Waals surface area contributed by atoms with Gasteiger partial charge in [0.1, 0.15) is 6.20 Å². The highest BCUT2D eigenvalue weighted by atomic mass is 32.2. The van der Waals surface area contributed by atoms with Crippen LogP contribution in [0.1, 0.15) is 0 Å². The molecule has 0 radical (unpaired) electrons. The normalized spacial score (nSPS) is 18.1. The Labute approximate surface area is 108 Å². The Morgan fingerprint density at radius 1 is 1.42 bits per heavy atom. The predicted molar refractivity (Wildman–Crippen MR) is 67.4 cm³/mol. The summed E-state index contributed by atoms with van der Waals surface area (Å²) in [5.74, 6) is 5.15. The van der Waals surface area contributed by atoms with Gasteiger partial charge in [-0.1, -0.05) is 0 Å². The van der Waals surface area contributed by atoms with Crippen molar-refractivity contribution in [2.75, 3.05) is 34.9 Å². The summed E-state index contributed by atoms with van der Waals surface area (Å²) in [4.78, 5) is 19.4. The van der Waals surface area contributed by atoms with Gasteiger partial charge in [0.2, 0.25) is 11.8 Å². The van der Waals surface area contributed by atoms with Crippen molar-refractivity contribution in [2.24, 2.45) is 5.84 Å². The van der Waals surface area contributed by atoms with Crippen LogP contribution in [-0.2, 0) is 9.84 Å². The zero-order valence-corrected chi connectivity index (χ0v) is 10.6. The molecule has 0 aliphatic carbocycles. The van der Waals surface area contributed by atoms with Crippen molar-refractivity contribution >= 4 is 27.3 Å². The summed E-state index contributed by atoms with van der Waals surface area (Å²) in [6, 6.07) is 0. The number of nitrogens with one attached hydrogen (secondary N) is 1. The molecule has 0 aromatic carbocycles. The van der Waals surface area contributed by atoms with Gasteiger partial charge >= 0.3 is 5.69 Å². The molecular formula is C8H12N6O4S. The number of hydrogen-bond acceptors (Lipinski definition) is 9. The fourth-order valence-corrected chi connectivity index (χ4v) is 2.92. The Bertz CT molecular complexity index is 589. The standard InChI is InChI=1S/C8H12N6O4S/c9-12-8-10-5-6(14(15)16)7(11-8)13-1-3-19(17,18)4-2-13/h5H,1-4,9H2,(H,10,11,12). The van der Waals surface area contributed by atoms with Crippen LogP contribution in [0.3, 0.4) is 0 Å². The SMILES string of the molecule is NNc1ncc([N+](=O)[O-])c(N2CCS(=O)(=O)CC2)n1. The van der Waals surface area contributed by atoms with Gasteiger partial charge in [-0.2, -0.15) is 4.98 Å². The molecule has 0 bridgehead atoms. The highest BCUT2D eigenvalue weighted by Gasteiger charge is 2.28. The second-order valence-corrected chi connectivity index (χ2v) is 6.25. The molecule has 11 heteroatoms. The molecule has 0 unspecified atom stereocenters. The molecule has 2 rings (SSSR count). The molecule has 1 aromatic rings. The monoisotopic (exact) mass is 288 g/mol. The van der Waals surface area contributed by atoms with Gasteiger partial charge in [-0.3, -0.25) is 15.5 Å². The summed E-state index contributed by atoms with van der Waals surface area (Å²) in [5, 5.41) is 10.9. The molecule has 0 amide bonds. The first-order valence-electron chi connectivity index (χ1n) is 5.36. The maximum Gasteiger partial charge on any atom is 0.329 e. The van der Waals surface area contributed by atoms with Crippen LogP contribution in [0.2, 0.25) is 0 Å². The van der Waals surface area contributed by atoms with Gasteiger partial charge < -0.3 is 4.90 Å². The van der Waals surface area contributed by atoms with E-state index in [9.17, 15) is 18.5 Å². The van der Waals surface area contributed by atoms with Gasteiger partial charge in [0.25, 0.3) is 0 Å². The number of nitrogens with zero attached hydrogens (tertiary/aromatic N) is 4. The first-order chi connectivity index (χ1) is 8.93. The van der Waals surface area contributed by atoms with Crippen molar-refractivity contribution in [3.63, 3.8) is 0 Å². The van der Waals surface area contributed by atoms with Crippen LogP contribution in [0, 0.1) is 10.1 Å². The van der Waals surface area contributed by atoms with Crippen LogP contribution < -0.4 is 16.2 Å². The Hall–Kier alpha value is -2.01. The zero-order valence-electron chi connectivity index (χ0n) is 9.81. The van der Waals surface area contributed by atoms with E-state index in [4.69, 9.17) is 5.84 Å². The van der Waals surface area contributed by atoms with Gasteiger partial charge in [0.05, 0.1) is 16.4 Å². The van der Waals surface area contributed by atoms with E-state index in [0.29, 0.717) is 0 Å². The summed E-state index contributed by atoms with van der Waals surface area (Å²) in [5.41, 5.74) is 1.92. The molecule has 0 spiro atoms. The van der Waals surface area contributed by atoms with Crippen molar-refractivity contribution in [1.29, 1.82) is 0 Å². The lowest BCUT2D eigenvalue weighted by Crippen LogP contribution is -2.41. The van der Waals surface area contributed by atoms with Crippen LogP contribution in [-0.4, -0.2) is 47.9 Å². The number of hydrogen-bond donors (Lipinski definition) is 2. The van der Waals surface area contributed by atoms with E-state index >= 15 is 0 Å². The van der Waals surface area contributed by atoms with Gasteiger partial charge in [-0.05, 0) is 0 Å². The van der Waals surface area contributed by atoms with Gasteiger partial charge in [-0.15, -0.1) is 0 Å². The molecule has 1 aromatic heterocycles. The highest BCUT2D eigenvalue weighted by Crippen LogP contribution is 2.27. The molecule has 0 saturated carbocycles. The molecule has 1 aliphatic rings. The van der Waals surface area contributed by atoms with E-state index < -0.39 is 14.8 Å². The molecule has 10 nitrogen and oxygen atoms in total. The maximum absolute atomic E-state index is 11.3. The third kappa shape index (κ3) is 2.88. The molecule has 104 valence electrons. The maximum atomic E-state index is 11.3. The van der Waals surface area contributed by atoms with Crippen molar-refractivity contribution < 1.29 is 13.3 Å². The van der Waals surface area contributed by atoms with Gasteiger partial charge in [0.15, 0.2) is 9.84 Å². The average molecular weight is 288 g/mol. The number of hydrazine groups is 1. The highest BCUT2D eigenvalue weighted by molar-refractivity contribution is 7.91. The summed E-state index contributed by atoms with van der Waals surface area (Å²) >= 11 is 0. The fourth-order valence-electron chi connectivity index (χ4n) is 1.72. The minimum Gasteiger partial charge on any atom is -0.349 e. The number of nitrogen functional groups attached to an aromatic ring is 1. The van der Waals surface area contributed by atoms with E-state index in [-0.39, 0.29) is 42.0 Å². The molecule has 2 heterocycles. The second-order valence-electron chi connectivity index (χ2n) is 3.94. The molecular weight excluding hydrogens is 276 g/mol. The molecule has 1 saturated heterocycles. The Morgan fingerprint density at radius 2 is 2.05 bits per heavy atom. The van der Waals surface area contributed by atoms with Gasteiger partial charge in [-0.25, -0.2) is 19.2 Å². The first kappa shape index (κ1) is 13.4. The minimum atomic E-state index is -3.07. The summed E-state index contributed by atoms with van der Waals surface area (Å²) in [7, 11) is -3.07. The smallest absolute Gasteiger partial charge is 0.329 e. The van der Waals surface area contributed by atoms with Crippen LogP contribution in [0.25, 0.3) is 0 Å². The zero-order chi connectivity index (χ0) is 14.0. The number of nitro groups is 1. The number of anilines is 2. The van der Waals surface area contributed by atoms with Crippen LogP contribution in [0.5, 0.6) is 0 Å². The lowest BCUT2D eigenvalue weighted by atomic mass is 10.4. The van der Waals surface area contributed by atoms with E-state index in [2.05, 4.69) is 15.4 Å². The minimum absolute atomic E-state index is 0.0361. The largest absolute Gasteiger partial charge is 0.349 e. The van der Waals surface area contributed by atoms with Crippen molar-refractivity contribution in [3.8, 4) is 0 Å². The summed E-state index contributed by atoms with van der Waals surface area (Å²) in [6.45, 7) is 0.314. The first-order valence-corrected chi connectivity index (χ1v) is 7.18. The van der Waals surface area contributed by atoms with E-state index in [1.165, 1.54) is 0 Å². The average Bonchev–Trinajstić information content (AvgIpc) is 2.38. The molecule has 3 N–H and O–H groups in total. The number of rotatable bonds is 3. The van der Waals surface area contributed by atoms with E-state index in [1.807, 2.05) is 0 Å². The molecule has 1 aliphatic heterocycles. The lowest BCUT2D eigenvalue weighted by Gasteiger charge is -2.27. The van der Waals surface area contributed by atoms with Crippen molar-refractivity contribution in [2.45, 2.75) is 0 Å². The molecule has 1 fully saturated rings. The number of nitrogens with two attached hydrogens (primary N) is 1. The quantitative estimate of drug-likeness (QED) is 0.402. The summed E-state index contributed by atoms with van der Waals surface area (Å²) in [6.07, 6.45) is 1.04. The van der Waals surface area contributed by atoms with E-state index in [0.717, 1.165) is 6.20 Å². The molecule has 19 heavy (non-hydrogen) atoms. The number of aromatic nitrogens is 2. The van der Waals surface area contributed by atoms with Crippen LogP contribution in [0.15, 0.2) is 6.20 Å². The second kappa shape index (κ2) is 4.93. The number of sulfone groups is 1. The van der Waals surface area contributed by atoms with Crippen LogP contribution >= 0.6 is 0 Å². The predicted octanol–water partition coefficient (Wildman–Crippen LogP) is -1.09. The third-order valence-corrected chi connectivity index (χ3v) is 4.33. The topological polar surface area (TPSA) is 144 Å². The van der Waals surface area contributed by atoms with Crippen molar-refractivity contribution in [3.05, 3.63) is 16.3 Å². The Morgan fingerprint density at radius 3 is 2.58 bits per heavy atom. The Kier molecular flexibility index (Phi) is 3.48. The third-order valence-electron chi connectivity index (χ3n) is 2.72. The lowest BCUT2D eigenvalue weighted by molar-refractivity contribution is -0.384. The van der Waals surface area contributed by atoms with Gasteiger partial charge in [0, 0.05) is 13.1 Å².